The van der Waals surface area contributed by atoms with Gasteiger partial charge in [-0.3, -0.25) is 10.1 Å². The van der Waals surface area contributed by atoms with Crippen molar-refractivity contribution in [3.05, 3.63) is 33.9 Å². The van der Waals surface area contributed by atoms with Crippen LogP contribution in [0.5, 0.6) is 5.75 Å². The average molecular weight is 266 g/mol. The van der Waals surface area contributed by atoms with E-state index in [9.17, 15) is 15.2 Å². The Balaban J connectivity index is 2.73. The molecule has 0 spiro atoms. The molecule has 1 unspecified atom stereocenters. The molecule has 0 aliphatic heterocycles. The van der Waals surface area contributed by atoms with E-state index >= 15 is 0 Å². The van der Waals surface area contributed by atoms with Crippen LogP contribution in [0.25, 0.3) is 0 Å². The van der Waals surface area contributed by atoms with Crippen LogP contribution in [-0.2, 0) is 4.74 Å². The Morgan fingerprint density at radius 1 is 1.53 bits per heavy atom. The summed E-state index contributed by atoms with van der Waals surface area (Å²) in [5.41, 5.74) is -0.128. The molecule has 0 saturated carbocycles. The van der Waals surface area contributed by atoms with Gasteiger partial charge >= 0.3 is 5.69 Å². The SMILES string of the molecule is CCOCC(O)COc1ccc(C#N)cc1[N+](=O)[O-]. The molecule has 0 aliphatic rings. The van der Waals surface area contributed by atoms with Crippen LogP contribution in [0.4, 0.5) is 5.69 Å². The fourth-order valence-electron chi connectivity index (χ4n) is 1.34. The van der Waals surface area contributed by atoms with Crippen LogP contribution < -0.4 is 4.74 Å². The van der Waals surface area contributed by atoms with Crippen molar-refractivity contribution in [3.63, 3.8) is 0 Å². The highest BCUT2D eigenvalue weighted by Gasteiger charge is 2.17. The molecule has 1 aromatic rings. The monoisotopic (exact) mass is 266 g/mol. The zero-order valence-electron chi connectivity index (χ0n) is 10.4. The summed E-state index contributed by atoms with van der Waals surface area (Å²) in [5.74, 6) is 0.0135. The summed E-state index contributed by atoms with van der Waals surface area (Å²) in [7, 11) is 0. The van der Waals surface area contributed by atoms with E-state index in [1.165, 1.54) is 12.1 Å². The Morgan fingerprint density at radius 3 is 2.84 bits per heavy atom. The number of nitro groups is 1. The molecule has 0 aliphatic carbocycles. The largest absolute Gasteiger partial charge is 0.484 e. The molecule has 19 heavy (non-hydrogen) atoms. The lowest BCUT2D eigenvalue weighted by atomic mass is 10.2. The molecule has 0 fully saturated rings. The van der Waals surface area contributed by atoms with Gasteiger partial charge in [0.1, 0.15) is 12.7 Å². The second kappa shape index (κ2) is 7.31. The van der Waals surface area contributed by atoms with Crippen molar-refractivity contribution >= 4 is 5.69 Å². The third-order valence-corrected chi connectivity index (χ3v) is 2.23. The topological polar surface area (TPSA) is 106 Å². The van der Waals surface area contributed by atoms with E-state index in [-0.39, 0.29) is 30.2 Å². The normalized spacial score (nSPS) is 11.6. The summed E-state index contributed by atoms with van der Waals surface area (Å²) < 4.78 is 10.2. The first kappa shape index (κ1) is 14.9. The van der Waals surface area contributed by atoms with E-state index in [4.69, 9.17) is 14.7 Å². The molecule has 7 nitrogen and oxygen atoms in total. The molecule has 1 atom stereocenters. The maximum Gasteiger partial charge on any atom is 0.312 e. The minimum Gasteiger partial charge on any atom is -0.484 e. The van der Waals surface area contributed by atoms with E-state index in [0.29, 0.717) is 6.61 Å². The zero-order chi connectivity index (χ0) is 14.3. The van der Waals surface area contributed by atoms with Crippen molar-refractivity contribution in [3.8, 4) is 11.8 Å². The summed E-state index contributed by atoms with van der Waals surface area (Å²) in [6, 6.07) is 5.69. The number of benzene rings is 1. The molecule has 102 valence electrons. The molecule has 0 saturated heterocycles. The van der Waals surface area contributed by atoms with Crippen molar-refractivity contribution in [2.75, 3.05) is 19.8 Å². The first-order chi connectivity index (χ1) is 9.08. The van der Waals surface area contributed by atoms with Gasteiger partial charge in [0.05, 0.1) is 23.2 Å². The van der Waals surface area contributed by atoms with Crippen LogP contribution >= 0.6 is 0 Å². The van der Waals surface area contributed by atoms with Crippen LogP contribution in [0.15, 0.2) is 18.2 Å². The van der Waals surface area contributed by atoms with Gasteiger partial charge in [0.25, 0.3) is 0 Å². The minimum atomic E-state index is -0.866. The highest BCUT2D eigenvalue weighted by molar-refractivity contribution is 5.51. The Kier molecular flexibility index (Phi) is 5.73. The van der Waals surface area contributed by atoms with Crippen molar-refractivity contribution < 1.29 is 19.5 Å². The maximum atomic E-state index is 10.8. The second-order valence-corrected chi connectivity index (χ2v) is 3.68. The molecular formula is C12H14N2O5. The standard InChI is InChI=1S/C12H14N2O5/c1-2-18-7-10(15)8-19-12-4-3-9(6-13)5-11(12)14(16)17/h3-5,10,15H,2,7-8H2,1H3. The smallest absolute Gasteiger partial charge is 0.312 e. The minimum absolute atomic E-state index is 0.0135. The number of hydrogen-bond acceptors (Lipinski definition) is 6. The van der Waals surface area contributed by atoms with Crippen LogP contribution in [0.3, 0.4) is 0 Å². The zero-order valence-corrected chi connectivity index (χ0v) is 10.4. The molecular weight excluding hydrogens is 252 g/mol. The summed E-state index contributed by atoms with van der Waals surface area (Å²) in [6.45, 7) is 2.24. The predicted octanol–water partition coefficient (Wildman–Crippen LogP) is 1.24. The van der Waals surface area contributed by atoms with E-state index in [1.807, 2.05) is 6.07 Å². The molecule has 0 radical (unpaired) electrons. The van der Waals surface area contributed by atoms with E-state index < -0.39 is 11.0 Å². The third kappa shape index (κ3) is 4.54. The highest BCUT2D eigenvalue weighted by Crippen LogP contribution is 2.27. The Hall–Kier alpha value is -2.17. The van der Waals surface area contributed by atoms with Crippen LogP contribution in [0.2, 0.25) is 0 Å². The summed E-state index contributed by atoms with van der Waals surface area (Å²) in [5, 5.41) is 29.0. The number of nitrogens with zero attached hydrogens (tertiary/aromatic N) is 2. The quantitative estimate of drug-likeness (QED) is 0.588. The van der Waals surface area contributed by atoms with Gasteiger partial charge in [0.2, 0.25) is 0 Å². The molecule has 7 heteroatoms. The van der Waals surface area contributed by atoms with Gasteiger partial charge in [-0.1, -0.05) is 0 Å². The van der Waals surface area contributed by atoms with Gasteiger partial charge in [-0.05, 0) is 19.1 Å². The highest BCUT2D eigenvalue weighted by atomic mass is 16.6. The number of rotatable bonds is 7. The summed E-state index contributed by atoms with van der Waals surface area (Å²) in [4.78, 5) is 10.2. The fraction of sp³-hybridized carbons (Fsp3) is 0.417. The van der Waals surface area contributed by atoms with Gasteiger partial charge in [-0.2, -0.15) is 5.26 Å². The first-order valence-electron chi connectivity index (χ1n) is 5.65. The number of hydrogen-bond donors (Lipinski definition) is 1. The third-order valence-electron chi connectivity index (χ3n) is 2.23. The lowest BCUT2D eigenvalue weighted by molar-refractivity contribution is -0.386. The van der Waals surface area contributed by atoms with Crippen LogP contribution in [0, 0.1) is 21.4 Å². The van der Waals surface area contributed by atoms with Gasteiger partial charge in [0.15, 0.2) is 5.75 Å². The van der Waals surface area contributed by atoms with Gasteiger partial charge in [-0.15, -0.1) is 0 Å². The van der Waals surface area contributed by atoms with Gasteiger partial charge in [0, 0.05) is 12.7 Å². The number of aliphatic hydroxyl groups excluding tert-OH is 1. The molecule has 1 aromatic carbocycles. The second-order valence-electron chi connectivity index (χ2n) is 3.68. The molecule has 0 amide bonds. The molecule has 0 heterocycles. The Morgan fingerprint density at radius 2 is 2.26 bits per heavy atom. The molecule has 1 N–H and O–H groups in total. The van der Waals surface area contributed by atoms with Gasteiger partial charge < -0.3 is 14.6 Å². The van der Waals surface area contributed by atoms with E-state index in [2.05, 4.69) is 0 Å². The number of nitriles is 1. The number of ether oxygens (including phenoxy) is 2. The van der Waals surface area contributed by atoms with E-state index in [0.717, 1.165) is 6.07 Å². The van der Waals surface area contributed by atoms with Gasteiger partial charge in [-0.25, -0.2) is 0 Å². The Labute approximate surface area is 110 Å². The van der Waals surface area contributed by atoms with Crippen LogP contribution in [0.1, 0.15) is 12.5 Å². The first-order valence-corrected chi connectivity index (χ1v) is 5.65. The number of aliphatic hydroxyl groups is 1. The summed E-state index contributed by atoms with van der Waals surface area (Å²) >= 11 is 0. The van der Waals surface area contributed by atoms with E-state index in [1.54, 1.807) is 6.92 Å². The molecule has 1 rings (SSSR count). The van der Waals surface area contributed by atoms with Crippen LogP contribution in [-0.4, -0.2) is 36.0 Å². The van der Waals surface area contributed by atoms with Crippen molar-refractivity contribution in [2.45, 2.75) is 13.0 Å². The lowest BCUT2D eigenvalue weighted by Crippen LogP contribution is -2.23. The molecule has 0 aromatic heterocycles. The maximum absolute atomic E-state index is 10.8. The van der Waals surface area contributed by atoms with Crippen molar-refractivity contribution in [1.29, 1.82) is 5.26 Å². The van der Waals surface area contributed by atoms with Crippen molar-refractivity contribution in [1.82, 2.24) is 0 Å². The lowest BCUT2D eigenvalue weighted by Gasteiger charge is -2.12. The fourth-order valence-corrected chi connectivity index (χ4v) is 1.34. The van der Waals surface area contributed by atoms with Crippen molar-refractivity contribution in [2.24, 2.45) is 0 Å². The predicted molar refractivity (Wildman–Crippen MR) is 65.8 cm³/mol. The molecule has 0 bridgehead atoms. The Bertz CT molecular complexity index is 483. The average Bonchev–Trinajstić information content (AvgIpc) is 2.42. The number of nitro benzene ring substituents is 1. The summed E-state index contributed by atoms with van der Waals surface area (Å²) in [6.07, 6.45) is -0.866.